The van der Waals surface area contributed by atoms with Gasteiger partial charge in [0.05, 0.1) is 13.0 Å². The van der Waals surface area contributed by atoms with Gasteiger partial charge < -0.3 is 14.3 Å². The first kappa shape index (κ1) is 18.4. The number of nitrogens with zero attached hydrogens (tertiary/aromatic N) is 1. The molecule has 0 aliphatic heterocycles. The fraction of sp³-hybridized carbons (Fsp3) is 0.278. The lowest BCUT2D eigenvalue weighted by molar-refractivity contribution is -0.755. The van der Waals surface area contributed by atoms with Gasteiger partial charge in [0.15, 0.2) is 0 Å². The van der Waals surface area contributed by atoms with Gasteiger partial charge in [-0.3, -0.25) is 4.79 Å². The standard InChI is InChI=1S/C18H19NO6/c1-23-13-17-15(9-8-14-6-2-3-7-16(14)17)12-18(20)24-10-4-5-11-25-19(21)22/h2-9H,10-13H2,1H3/b5-4+. The van der Waals surface area contributed by atoms with Gasteiger partial charge in [-0.15, -0.1) is 10.1 Å². The molecule has 2 aromatic rings. The van der Waals surface area contributed by atoms with Crippen LogP contribution in [-0.4, -0.2) is 31.4 Å². The zero-order chi connectivity index (χ0) is 18.1. The molecule has 132 valence electrons. The molecule has 2 aromatic carbocycles. The SMILES string of the molecule is COCc1c(CC(=O)OC/C=C/CO[N+](=O)[O-])ccc2ccccc12. The van der Waals surface area contributed by atoms with Crippen LogP contribution in [0.15, 0.2) is 48.6 Å². The van der Waals surface area contributed by atoms with Crippen LogP contribution in [-0.2, 0) is 32.1 Å². The topological polar surface area (TPSA) is 87.9 Å². The van der Waals surface area contributed by atoms with Gasteiger partial charge in [-0.1, -0.05) is 42.5 Å². The molecule has 0 aliphatic rings. The van der Waals surface area contributed by atoms with E-state index < -0.39 is 5.09 Å². The van der Waals surface area contributed by atoms with Gasteiger partial charge in [0.1, 0.15) is 13.2 Å². The van der Waals surface area contributed by atoms with Crippen LogP contribution in [0, 0.1) is 10.1 Å². The van der Waals surface area contributed by atoms with E-state index in [1.54, 1.807) is 7.11 Å². The van der Waals surface area contributed by atoms with Crippen LogP contribution in [0.3, 0.4) is 0 Å². The molecule has 0 spiro atoms. The van der Waals surface area contributed by atoms with E-state index in [1.807, 2.05) is 36.4 Å². The summed E-state index contributed by atoms with van der Waals surface area (Å²) >= 11 is 0. The van der Waals surface area contributed by atoms with Crippen LogP contribution in [0.5, 0.6) is 0 Å². The predicted molar refractivity (Wildman–Crippen MR) is 91.4 cm³/mol. The van der Waals surface area contributed by atoms with E-state index in [0.29, 0.717) is 6.61 Å². The first-order valence-corrected chi connectivity index (χ1v) is 7.68. The molecule has 0 radical (unpaired) electrons. The smallest absolute Gasteiger partial charge is 0.310 e. The van der Waals surface area contributed by atoms with Gasteiger partial charge in [-0.2, -0.15) is 0 Å². The number of carbonyl (C=O) groups excluding carboxylic acids is 1. The highest BCUT2D eigenvalue weighted by atomic mass is 16.9. The quantitative estimate of drug-likeness (QED) is 0.300. The Morgan fingerprint density at radius 3 is 2.68 bits per heavy atom. The Morgan fingerprint density at radius 2 is 1.92 bits per heavy atom. The second-order valence-electron chi connectivity index (χ2n) is 5.21. The maximum absolute atomic E-state index is 12.0. The van der Waals surface area contributed by atoms with Crippen LogP contribution in [0.4, 0.5) is 0 Å². The zero-order valence-corrected chi connectivity index (χ0v) is 13.8. The molecular formula is C18H19NO6. The predicted octanol–water partition coefficient (Wildman–Crippen LogP) is 2.84. The lowest BCUT2D eigenvalue weighted by Crippen LogP contribution is -2.10. The van der Waals surface area contributed by atoms with Crippen LogP contribution >= 0.6 is 0 Å². The third-order valence-electron chi connectivity index (χ3n) is 3.54. The third kappa shape index (κ3) is 5.58. The molecule has 0 N–H and O–H groups in total. The molecule has 0 bridgehead atoms. The Labute approximate surface area is 144 Å². The third-order valence-corrected chi connectivity index (χ3v) is 3.54. The summed E-state index contributed by atoms with van der Waals surface area (Å²) in [6.07, 6.45) is 3.04. The summed E-state index contributed by atoms with van der Waals surface area (Å²) in [6.45, 7) is 0.266. The fourth-order valence-corrected chi connectivity index (χ4v) is 2.45. The molecule has 7 nitrogen and oxygen atoms in total. The second kappa shape index (κ2) is 9.39. The highest BCUT2D eigenvalue weighted by molar-refractivity contribution is 5.88. The van der Waals surface area contributed by atoms with E-state index in [9.17, 15) is 14.9 Å². The summed E-state index contributed by atoms with van der Waals surface area (Å²) in [5.41, 5.74) is 1.82. The molecule has 0 saturated carbocycles. The van der Waals surface area contributed by atoms with Gasteiger partial charge in [0.2, 0.25) is 0 Å². The summed E-state index contributed by atoms with van der Waals surface area (Å²) in [5, 5.41) is 11.2. The van der Waals surface area contributed by atoms with E-state index in [1.165, 1.54) is 12.2 Å². The summed E-state index contributed by atoms with van der Waals surface area (Å²) in [7, 11) is 1.61. The van der Waals surface area contributed by atoms with E-state index in [0.717, 1.165) is 21.9 Å². The van der Waals surface area contributed by atoms with E-state index in [4.69, 9.17) is 9.47 Å². The number of hydrogen-bond donors (Lipinski definition) is 0. The molecule has 0 atom stereocenters. The van der Waals surface area contributed by atoms with Crippen molar-refractivity contribution in [1.82, 2.24) is 0 Å². The Morgan fingerprint density at radius 1 is 1.16 bits per heavy atom. The van der Waals surface area contributed by atoms with Gasteiger partial charge in [-0.05, 0) is 28.0 Å². The van der Waals surface area contributed by atoms with Crippen molar-refractivity contribution >= 4 is 16.7 Å². The molecule has 0 aliphatic carbocycles. The minimum Gasteiger partial charge on any atom is -0.461 e. The lowest BCUT2D eigenvalue weighted by Gasteiger charge is -2.12. The average molecular weight is 345 g/mol. The molecule has 0 heterocycles. The number of ether oxygens (including phenoxy) is 2. The van der Waals surface area contributed by atoms with Crippen molar-refractivity contribution in [3.63, 3.8) is 0 Å². The maximum Gasteiger partial charge on any atom is 0.310 e. The molecular weight excluding hydrogens is 326 g/mol. The summed E-state index contributed by atoms with van der Waals surface area (Å²) in [5.74, 6) is -0.382. The average Bonchev–Trinajstić information content (AvgIpc) is 2.60. The molecule has 0 amide bonds. The van der Waals surface area contributed by atoms with Crippen LogP contribution < -0.4 is 0 Å². The molecule has 0 fully saturated rings. The van der Waals surface area contributed by atoms with Crippen LogP contribution in [0.1, 0.15) is 11.1 Å². The van der Waals surface area contributed by atoms with Crippen molar-refractivity contribution in [2.24, 2.45) is 0 Å². The fourth-order valence-electron chi connectivity index (χ4n) is 2.45. The van der Waals surface area contributed by atoms with Gasteiger partial charge in [0, 0.05) is 7.11 Å². The Hall–Kier alpha value is -2.93. The number of carbonyl (C=O) groups is 1. The Bertz CT molecular complexity index is 771. The van der Waals surface area contributed by atoms with E-state index in [-0.39, 0.29) is 25.6 Å². The first-order chi connectivity index (χ1) is 12.1. The molecule has 0 aromatic heterocycles. The summed E-state index contributed by atoms with van der Waals surface area (Å²) < 4.78 is 10.4. The highest BCUT2D eigenvalue weighted by Gasteiger charge is 2.12. The van der Waals surface area contributed by atoms with E-state index >= 15 is 0 Å². The van der Waals surface area contributed by atoms with Crippen molar-refractivity contribution in [2.45, 2.75) is 13.0 Å². The lowest BCUT2D eigenvalue weighted by atomic mass is 9.97. The van der Waals surface area contributed by atoms with Gasteiger partial charge >= 0.3 is 5.97 Å². The highest BCUT2D eigenvalue weighted by Crippen LogP contribution is 2.24. The number of rotatable bonds is 9. The molecule has 2 rings (SSSR count). The normalized spacial score (nSPS) is 10.9. The van der Waals surface area contributed by atoms with Gasteiger partial charge in [0.25, 0.3) is 5.09 Å². The summed E-state index contributed by atoms with van der Waals surface area (Å²) in [4.78, 5) is 26.1. The number of fused-ring (bicyclic) bond motifs is 1. The molecule has 0 saturated heterocycles. The van der Waals surface area contributed by atoms with Crippen molar-refractivity contribution in [1.29, 1.82) is 0 Å². The molecule has 0 unspecified atom stereocenters. The minimum absolute atomic E-state index is 0.0348. The number of hydrogen-bond acceptors (Lipinski definition) is 6. The number of esters is 1. The second-order valence-corrected chi connectivity index (χ2v) is 5.21. The van der Waals surface area contributed by atoms with Crippen molar-refractivity contribution in [2.75, 3.05) is 20.3 Å². The van der Waals surface area contributed by atoms with Gasteiger partial charge in [-0.25, -0.2) is 0 Å². The summed E-state index contributed by atoms with van der Waals surface area (Å²) in [6, 6.07) is 11.8. The monoisotopic (exact) mass is 345 g/mol. The van der Waals surface area contributed by atoms with Crippen LogP contribution in [0.25, 0.3) is 10.8 Å². The van der Waals surface area contributed by atoms with Crippen molar-refractivity contribution in [3.05, 3.63) is 69.8 Å². The van der Waals surface area contributed by atoms with Crippen molar-refractivity contribution < 1.29 is 24.2 Å². The Kier molecular flexibility index (Phi) is 6.91. The van der Waals surface area contributed by atoms with Crippen molar-refractivity contribution in [3.8, 4) is 0 Å². The maximum atomic E-state index is 12.0. The molecule has 25 heavy (non-hydrogen) atoms. The number of benzene rings is 2. The number of methoxy groups -OCH3 is 1. The van der Waals surface area contributed by atoms with E-state index in [2.05, 4.69) is 4.84 Å². The largest absolute Gasteiger partial charge is 0.461 e. The first-order valence-electron chi connectivity index (χ1n) is 7.68. The molecule has 7 heteroatoms. The zero-order valence-electron chi connectivity index (χ0n) is 13.8. The minimum atomic E-state index is -0.882. The van der Waals surface area contributed by atoms with Crippen LogP contribution in [0.2, 0.25) is 0 Å². The Balaban J connectivity index is 1.98.